The number of carboxylic acids is 1. The van der Waals surface area contributed by atoms with Gasteiger partial charge in [0, 0.05) is 6.07 Å². The SMILES string of the molecule is COc1ccc(OC)c(-n2nnc(C(=O)O)c2CC(C)C)c1. The van der Waals surface area contributed by atoms with Crippen LogP contribution in [0.15, 0.2) is 18.2 Å². The molecule has 0 atom stereocenters. The molecule has 0 saturated carbocycles. The van der Waals surface area contributed by atoms with Crippen molar-refractivity contribution in [3.8, 4) is 17.2 Å². The zero-order chi connectivity index (χ0) is 16.3. The van der Waals surface area contributed by atoms with Crippen molar-refractivity contribution >= 4 is 5.97 Å². The highest BCUT2D eigenvalue weighted by Gasteiger charge is 2.22. The molecule has 0 fully saturated rings. The number of hydrogen-bond acceptors (Lipinski definition) is 5. The van der Waals surface area contributed by atoms with Gasteiger partial charge < -0.3 is 14.6 Å². The van der Waals surface area contributed by atoms with E-state index < -0.39 is 5.97 Å². The highest BCUT2D eigenvalue weighted by molar-refractivity contribution is 5.86. The summed E-state index contributed by atoms with van der Waals surface area (Å²) in [4.78, 5) is 11.4. The van der Waals surface area contributed by atoms with Gasteiger partial charge >= 0.3 is 5.97 Å². The van der Waals surface area contributed by atoms with Gasteiger partial charge in [0.1, 0.15) is 17.2 Å². The summed E-state index contributed by atoms with van der Waals surface area (Å²) in [6.07, 6.45) is 0.537. The fraction of sp³-hybridized carbons (Fsp3) is 0.400. The van der Waals surface area contributed by atoms with Crippen LogP contribution in [0.25, 0.3) is 5.69 Å². The van der Waals surface area contributed by atoms with Crippen molar-refractivity contribution in [2.24, 2.45) is 5.92 Å². The minimum absolute atomic E-state index is 0.0430. The minimum atomic E-state index is -1.09. The van der Waals surface area contributed by atoms with Gasteiger partial charge in [0.05, 0.1) is 19.9 Å². The van der Waals surface area contributed by atoms with E-state index in [9.17, 15) is 9.90 Å². The molecule has 1 heterocycles. The van der Waals surface area contributed by atoms with Gasteiger partial charge in [-0.3, -0.25) is 0 Å². The molecule has 0 radical (unpaired) electrons. The van der Waals surface area contributed by atoms with Crippen molar-refractivity contribution in [2.75, 3.05) is 14.2 Å². The average molecular weight is 305 g/mol. The maximum Gasteiger partial charge on any atom is 0.358 e. The summed E-state index contributed by atoms with van der Waals surface area (Å²) >= 11 is 0. The lowest BCUT2D eigenvalue weighted by molar-refractivity contribution is 0.0689. The number of ether oxygens (including phenoxy) is 2. The quantitative estimate of drug-likeness (QED) is 0.880. The van der Waals surface area contributed by atoms with E-state index in [1.165, 1.54) is 4.68 Å². The molecule has 0 spiro atoms. The third-order valence-corrected chi connectivity index (χ3v) is 3.18. The molecule has 7 heteroatoms. The molecule has 2 rings (SSSR count). The van der Waals surface area contributed by atoms with Crippen LogP contribution in [0.2, 0.25) is 0 Å². The summed E-state index contributed by atoms with van der Waals surface area (Å²) in [5, 5.41) is 17.1. The van der Waals surface area contributed by atoms with Gasteiger partial charge in [-0.2, -0.15) is 0 Å². The molecule has 7 nitrogen and oxygen atoms in total. The first-order chi connectivity index (χ1) is 10.5. The van der Waals surface area contributed by atoms with Gasteiger partial charge in [0.25, 0.3) is 0 Å². The van der Waals surface area contributed by atoms with Crippen LogP contribution in [0, 0.1) is 5.92 Å². The third kappa shape index (κ3) is 3.03. The molecule has 2 aromatic rings. The lowest BCUT2D eigenvalue weighted by atomic mass is 10.1. The summed E-state index contributed by atoms with van der Waals surface area (Å²) in [6, 6.07) is 5.25. The predicted octanol–water partition coefficient (Wildman–Crippen LogP) is 2.18. The highest BCUT2D eigenvalue weighted by Crippen LogP contribution is 2.29. The van der Waals surface area contributed by atoms with Crippen LogP contribution >= 0.6 is 0 Å². The predicted molar refractivity (Wildman–Crippen MR) is 80.0 cm³/mol. The second-order valence-electron chi connectivity index (χ2n) is 5.24. The first kappa shape index (κ1) is 15.8. The number of benzene rings is 1. The molecule has 1 N–H and O–H groups in total. The van der Waals surface area contributed by atoms with E-state index in [0.29, 0.717) is 29.3 Å². The Balaban J connectivity index is 2.63. The smallest absolute Gasteiger partial charge is 0.358 e. The van der Waals surface area contributed by atoms with Gasteiger partial charge in [0.15, 0.2) is 5.69 Å². The van der Waals surface area contributed by atoms with E-state index in [2.05, 4.69) is 10.3 Å². The summed E-state index contributed by atoms with van der Waals surface area (Å²) in [5.74, 6) is 0.349. The van der Waals surface area contributed by atoms with Crippen molar-refractivity contribution in [3.63, 3.8) is 0 Å². The van der Waals surface area contributed by atoms with Crippen LogP contribution in [-0.2, 0) is 6.42 Å². The minimum Gasteiger partial charge on any atom is -0.497 e. The summed E-state index contributed by atoms with van der Waals surface area (Å²) in [7, 11) is 3.10. The number of aromatic carboxylic acids is 1. The van der Waals surface area contributed by atoms with E-state index >= 15 is 0 Å². The molecule has 0 aliphatic rings. The molecular formula is C15H19N3O4. The fourth-order valence-electron chi connectivity index (χ4n) is 2.19. The van der Waals surface area contributed by atoms with Gasteiger partial charge in [-0.15, -0.1) is 5.10 Å². The molecule has 22 heavy (non-hydrogen) atoms. The Morgan fingerprint density at radius 3 is 2.59 bits per heavy atom. The number of aromatic nitrogens is 3. The molecule has 0 amide bonds. The Morgan fingerprint density at radius 1 is 1.32 bits per heavy atom. The molecule has 1 aromatic carbocycles. The van der Waals surface area contributed by atoms with E-state index in [1.807, 2.05) is 13.8 Å². The lowest BCUT2D eigenvalue weighted by Gasteiger charge is -2.13. The van der Waals surface area contributed by atoms with Gasteiger partial charge in [0.2, 0.25) is 0 Å². The summed E-state index contributed by atoms with van der Waals surface area (Å²) in [5.41, 5.74) is 1.09. The summed E-state index contributed by atoms with van der Waals surface area (Å²) < 4.78 is 12.1. The second kappa shape index (κ2) is 6.46. The van der Waals surface area contributed by atoms with Crippen LogP contribution < -0.4 is 9.47 Å². The second-order valence-corrected chi connectivity index (χ2v) is 5.24. The van der Waals surface area contributed by atoms with Crippen molar-refractivity contribution < 1.29 is 19.4 Å². The van der Waals surface area contributed by atoms with E-state index in [1.54, 1.807) is 32.4 Å². The third-order valence-electron chi connectivity index (χ3n) is 3.18. The van der Waals surface area contributed by atoms with Gasteiger partial charge in [-0.25, -0.2) is 9.48 Å². The Hall–Kier alpha value is -2.57. The molecule has 118 valence electrons. The average Bonchev–Trinajstić information content (AvgIpc) is 2.89. The molecule has 0 unspecified atom stereocenters. The van der Waals surface area contributed by atoms with E-state index in [-0.39, 0.29) is 11.6 Å². The van der Waals surface area contributed by atoms with Crippen LogP contribution in [0.3, 0.4) is 0 Å². The molecular weight excluding hydrogens is 286 g/mol. The maximum atomic E-state index is 11.4. The van der Waals surface area contributed by atoms with E-state index in [4.69, 9.17) is 9.47 Å². The zero-order valence-electron chi connectivity index (χ0n) is 13.0. The summed E-state index contributed by atoms with van der Waals surface area (Å²) in [6.45, 7) is 4.01. The first-order valence-electron chi connectivity index (χ1n) is 6.88. The number of hydrogen-bond donors (Lipinski definition) is 1. The molecule has 0 aliphatic carbocycles. The lowest BCUT2D eigenvalue weighted by Crippen LogP contribution is -2.10. The molecule has 0 bridgehead atoms. The Morgan fingerprint density at radius 2 is 2.05 bits per heavy atom. The van der Waals surface area contributed by atoms with Crippen molar-refractivity contribution in [1.82, 2.24) is 15.0 Å². The molecule has 1 aromatic heterocycles. The number of nitrogens with zero attached hydrogens (tertiary/aromatic N) is 3. The number of methoxy groups -OCH3 is 2. The van der Waals surface area contributed by atoms with E-state index in [0.717, 1.165) is 0 Å². The number of carboxylic acid groups (broad SMARTS) is 1. The van der Waals surface area contributed by atoms with Crippen molar-refractivity contribution in [1.29, 1.82) is 0 Å². The fourth-order valence-corrected chi connectivity index (χ4v) is 2.19. The van der Waals surface area contributed by atoms with Crippen molar-refractivity contribution in [2.45, 2.75) is 20.3 Å². The Labute approximate surface area is 128 Å². The van der Waals surface area contributed by atoms with Crippen LogP contribution in [0.4, 0.5) is 0 Å². The zero-order valence-corrected chi connectivity index (χ0v) is 13.0. The van der Waals surface area contributed by atoms with Crippen LogP contribution in [-0.4, -0.2) is 40.3 Å². The highest BCUT2D eigenvalue weighted by atomic mass is 16.5. The van der Waals surface area contributed by atoms with Crippen LogP contribution in [0.5, 0.6) is 11.5 Å². The van der Waals surface area contributed by atoms with Crippen molar-refractivity contribution in [3.05, 3.63) is 29.6 Å². The Kier molecular flexibility index (Phi) is 4.65. The molecule has 0 saturated heterocycles. The topological polar surface area (TPSA) is 86.5 Å². The maximum absolute atomic E-state index is 11.4. The van der Waals surface area contributed by atoms with Crippen LogP contribution in [0.1, 0.15) is 30.0 Å². The standard InChI is InChI=1S/C15H19N3O4/c1-9(2)7-12-14(15(19)20)16-17-18(12)11-8-10(21-3)5-6-13(11)22-4/h5-6,8-9H,7H2,1-4H3,(H,19,20). The van der Waals surface area contributed by atoms with Gasteiger partial charge in [-0.1, -0.05) is 19.1 Å². The number of carbonyl (C=O) groups is 1. The monoisotopic (exact) mass is 305 g/mol. The van der Waals surface area contributed by atoms with Gasteiger partial charge in [-0.05, 0) is 24.5 Å². The normalized spacial score (nSPS) is 10.8. The number of rotatable bonds is 6. The largest absolute Gasteiger partial charge is 0.497 e. The first-order valence-corrected chi connectivity index (χ1v) is 6.88. The Bertz CT molecular complexity index is 679. The molecule has 0 aliphatic heterocycles.